The average Bonchev–Trinajstić information content (AvgIpc) is 2.18. The van der Waals surface area contributed by atoms with E-state index in [4.69, 9.17) is 5.11 Å². The van der Waals surface area contributed by atoms with E-state index in [0.29, 0.717) is 5.57 Å². The van der Waals surface area contributed by atoms with Gasteiger partial charge in [0.15, 0.2) is 0 Å². The zero-order valence-electron chi connectivity index (χ0n) is 9.08. The summed E-state index contributed by atoms with van der Waals surface area (Å²) in [6, 6.07) is 0. The van der Waals surface area contributed by atoms with E-state index in [1.165, 1.54) is 7.11 Å². The summed E-state index contributed by atoms with van der Waals surface area (Å²) in [4.78, 5) is 19.4. The second kappa shape index (κ2) is 14.5. The molecule has 0 aliphatic heterocycles. The summed E-state index contributed by atoms with van der Waals surface area (Å²) in [5.41, 5.74) is 2.68. The molecule has 0 atom stereocenters. The molecule has 0 aromatic heterocycles. The molecule has 0 rings (SSSR count). The maximum absolute atomic E-state index is 10.2. The molecule has 0 saturated heterocycles. The quantitative estimate of drug-likeness (QED) is 0.431. The summed E-state index contributed by atoms with van der Waals surface area (Å²) in [6.45, 7) is 14.2. The Balaban J connectivity index is -0.000000158. The molecule has 0 spiro atoms. The normalized spacial score (nSPS) is 6.27. The lowest BCUT2D eigenvalue weighted by Gasteiger charge is -1.91. The molecule has 4 nitrogen and oxygen atoms in total. The van der Waals surface area contributed by atoms with Crippen molar-refractivity contribution < 1.29 is 19.4 Å². The van der Waals surface area contributed by atoms with E-state index < -0.39 is 5.97 Å². The van der Waals surface area contributed by atoms with Gasteiger partial charge in [-0.2, -0.15) is 0 Å². The van der Waals surface area contributed by atoms with Crippen LogP contribution in [0.5, 0.6) is 0 Å². The number of carbonyl (C=O) groups is 2. The minimum Gasteiger partial charge on any atom is -0.478 e. The van der Waals surface area contributed by atoms with Gasteiger partial charge in [-0.25, -0.2) is 9.59 Å². The molecule has 0 fully saturated rings. The molecular weight excluding hydrogens is 196 g/mol. The lowest BCUT2D eigenvalue weighted by Crippen LogP contribution is -1.98. The van der Waals surface area contributed by atoms with Crippen LogP contribution in [0.4, 0.5) is 0 Å². The van der Waals surface area contributed by atoms with Crippen molar-refractivity contribution in [2.24, 2.45) is 0 Å². The molecule has 1 N–H and O–H groups in total. The van der Waals surface area contributed by atoms with Gasteiger partial charge in [0.05, 0.1) is 7.11 Å². The van der Waals surface area contributed by atoms with Crippen LogP contribution in [-0.4, -0.2) is 24.2 Å². The number of carboxylic acid groups (broad SMARTS) is 1. The Hall–Kier alpha value is -2.06. The van der Waals surface area contributed by atoms with E-state index in [0.717, 1.165) is 6.08 Å². The van der Waals surface area contributed by atoms with Crippen LogP contribution in [0.15, 0.2) is 43.7 Å². The van der Waals surface area contributed by atoms with Crippen LogP contribution < -0.4 is 0 Å². The van der Waals surface area contributed by atoms with Crippen LogP contribution in [0.25, 0.3) is 0 Å². The Bertz CT molecular complexity index is 258. The predicted octanol–water partition coefficient (Wildman–Crippen LogP) is 1.95. The molecule has 0 amide bonds. The summed E-state index contributed by atoms with van der Waals surface area (Å²) in [7, 11) is 1.33. The van der Waals surface area contributed by atoms with Crippen molar-refractivity contribution in [2.45, 2.75) is 6.92 Å². The van der Waals surface area contributed by atoms with E-state index in [-0.39, 0.29) is 5.97 Å². The van der Waals surface area contributed by atoms with Crippen LogP contribution in [0.2, 0.25) is 0 Å². The predicted molar refractivity (Wildman–Crippen MR) is 59.4 cm³/mol. The first kappa shape index (κ1) is 18.7. The summed E-state index contributed by atoms with van der Waals surface area (Å²) < 4.78 is 4.27. The number of carbonyl (C=O) groups excluding carboxylic acids is 1. The number of rotatable bonds is 2. The first-order valence-corrected chi connectivity index (χ1v) is 3.75. The molecule has 0 radical (unpaired) electrons. The fourth-order valence-corrected chi connectivity index (χ4v) is 0.174. The largest absolute Gasteiger partial charge is 0.478 e. The number of esters is 1. The Morgan fingerprint density at radius 3 is 1.67 bits per heavy atom. The van der Waals surface area contributed by atoms with Gasteiger partial charge in [-0.15, -0.1) is 5.73 Å². The highest BCUT2D eigenvalue weighted by Crippen LogP contribution is 1.87. The average molecular weight is 212 g/mol. The molecule has 0 unspecified atom stereocenters. The lowest BCUT2D eigenvalue weighted by atomic mass is 10.4. The summed E-state index contributed by atoms with van der Waals surface area (Å²) in [5, 5.41) is 7.60. The van der Waals surface area contributed by atoms with E-state index in [9.17, 15) is 9.59 Å². The standard InChI is InChI=1S/C5H8O2.C3H4O2.C3H4/c1-4(2)5(6)7-3;1-2-3(4)5;1-3-2/h1H2,2-3H3;2H,1H2,(H,4,5);1-2H2. The molecule has 15 heavy (non-hydrogen) atoms. The van der Waals surface area contributed by atoms with Gasteiger partial charge in [0, 0.05) is 11.6 Å². The zero-order chi connectivity index (χ0) is 12.9. The van der Waals surface area contributed by atoms with Crippen LogP contribution in [0, 0.1) is 0 Å². The van der Waals surface area contributed by atoms with Crippen molar-refractivity contribution >= 4 is 11.9 Å². The third kappa shape index (κ3) is 33.4. The topological polar surface area (TPSA) is 63.6 Å². The molecular formula is C11H16O4. The minimum absolute atomic E-state index is 0.347. The number of ether oxygens (including phenoxy) is 1. The molecule has 4 heteroatoms. The maximum atomic E-state index is 10.2. The lowest BCUT2D eigenvalue weighted by molar-refractivity contribution is -0.136. The number of hydrogen-bond acceptors (Lipinski definition) is 3. The van der Waals surface area contributed by atoms with E-state index in [1.807, 2.05) is 0 Å². The third-order valence-corrected chi connectivity index (χ3v) is 0.708. The fraction of sp³-hybridized carbons (Fsp3) is 0.182. The molecule has 0 aliphatic carbocycles. The van der Waals surface area contributed by atoms with Crippen LogP contribution >= 0.6 is 0 Å². The highest BCUT2D eigenvalue weighted by Gasteiger charge is 1.95. The molecule has 0 aromatic rings. The first-order valence-electron chi connectivity index (χ1n) is 3.75. The number of aliphatic carboxylic acids is 1. The molecule has 0 aromatic carbocycles. The summed E-state index contributed by atoms with van der Waals surface area (Å²) >= 11 is 0. The van der Waals surface area contributed by atoms with Crippen molar-refractivity contribution in [3.8, 4) is 0 Å². The van der Waals surface area contributed by atoms with Gasteiger partial charge in [0.25, 0.3) is 0 Å². The van der Waals surface area contributed by atoms with Gasteiger partial charge < -0.3 is 9.84 Å². The summed E-state index contributed by atoms with van der Waals surface area (Å²) in [6.07, 6.45) is 0.833. The highest BCUT2D eigenvalue weighted by atomic mass is 16.5. The molecule has 0 bridgehead atoms. The molecule has 0 heterocycles. The van der Waals surface area contributed by atoms with Gasteiger partial charge in [0.2, 0.25) is 0 Å². The van der Waals surface area contributed by atoms with Gasteiger partial charge in [-0.1, -0.05) is 26.3 Å². The monoisotopic (exact) mass is 212 g/mol. The smallest absolute Gasteiger partial charge is 0.332 e. The van der Waals surface area contributed by atoms with Crippen molar-refractivity contribution in [3.63, 3.8) is 0 Å². The second-order valence-corrected chi connectivity index (χ2v) is 2.06. The zero-order valence-corrected chi connectivity index (χ0v) is 9.08. The van der Waals surface area contributed by atoms with Crippen molar-refractivity contribution in [1.82, 2.24) is 0 Å². The Kier molecular flexibility index (Phi) is 18.0. The van der Waals surface area contributed by atoms with Crippen LogP contribution in [0.1, 0.15) is 6.92 Å². The fourth-order valence-electron chi connectivity index (χ4n) is 0.174. The third-order valence-electron chi connectivity index (χ3n) is 0.708. The Morgan fingerprint density at radius 1 is 1.40 bits per heavy atom. The second-order valence-electron chi connectivity index (χ2n) is 2.06. The van der Waals surface area contributed by atoms with Gasteiger partial charge in [-0.3, -0.25) is 0 Å². The van der Waals surface area contributed by atoms with Crippen molar-refractivity contribution in [2.75, 3.05) is 7.11 Å². The minimum atomic E-state index is -0.981. The van der Waals surface area contributed by atoms with Gasteiger partial charge >= 0.3 is 11.9 Å². The van der Waals surface area contributed by atoms with E-state index >= 15 is 0 Å². The van der Waals surface area contributed by atoms with Crippen LogP contribution in [0.3, 0.4) is 0 Å². The molecule has 84 valence electrons. The SMILES string of the molecule is C=C(C)C(=O)OC.C=C=C.C=CC(=O)O. The number of carboxylic acids is 1. The Labute approximate surface area is 89.9 Å². The van der Waals surface area contributed by atoms with E-state index in [2.05, 4.69) is 36.8 Å². The number of hydrogen-bond donors (Lipinski definition) is 1. The van der Waals surface area contributed by atoms with Crippen molar-refractivity contribution in [1.29, 1.82) is 0 Å². The first-order chi connectivity index (χ1) is 6.87. The van der Waals surface area contributed by atoms with Crippen molar-refractivity contribution in [3.05, 3.63) is 43.7 Å². The highest BCUT2D eigenvalue weighted by molar-refractivity contribution is 5.86. The Morgan fingerprint density at radius 2 is 1.67 bits per heavy atom. The number of methoxy groups -OCH3 is 1. The van der Waals surface area contributed by atoms with Crippen LogP contribution in [-0.2, 0) is 14.3 Å². The van der Waals surface area contributed by atoms with Gasteiger partial charge in [0.1, 0.15) is 0 Å². The molecule has 0 saturated carbocycles. The van der Waals surface area contributed by atoms with E-state index in [1.54, 1.807) is 6.92 Å². The maximum Gasteiger partial charge on any atom is 0.332 e. The summed E-state index contributed by atoms with van der Waals surface area (Å²) in [5.74, 6) is -1.33. The molecule has 0 aliphatic rings. The van der Waals surface area contributed by atoms with Gasteiger partial charge in [-0.05, 0) is 6.92 Å².